The van der Waals surface area contributed by atoms with Crippen molar-refractivity contribution in [3.8, 4) is 5.75 Å². The van der Waals surface area contributed by atoms with E-state index in [0.29, 0.717) is 24.3 Å². The predicted octanol–water partition coefficient (Wildman–Crippen LogP) is 5.15. The normalized spacial score (nSPS) is 14.2. The lowest BCUT2D eigenvalue weighted by Crippen LogP contribution is -2.36. The summed E-state index contributed by atoms with van der Waals surface area (Å²) in [5.41, 5.74) is 1.09. The predicted molar refractivity (Wildman–Crippen MR) is 135 cm³/mol. The van der Waals surface area contributed by atoms with Crippen LogP contribution < -0.4 is 10.1 Å². The molecule has 1 heterocycles. The van der Waals surface area contributed by atoms with Crippen LogP contribution >= 0.6 is 23.4 Å². The van der Waals surface area contributed by atoms with E-state index in [1.165, 1.54) is 18.2 Å². The van der Waals surface area contributed by atoms with E-state index in [1.54, 1.807) is 36.4 Å². The third-order valence-electron chi connectivity index (χ3n) is 4.63. The number of halogens is 1. The molecule has 0 saturated carbocycles. The topological polar surface area (TPSA) is 102 Å². The van der Waals surface area contributed by atoms with Crippen LogP contribution in [0, 0.1) is 0 Å². The number of carbonyl (C=O) groups is 4. The van der Waals surface area contributed by atoms with Crippen molar-refractivity contribution in [1.82, 2.24) is 4.90 Å². The number of carbonyl (C=O) groups excluding carboxylic acids is 4. The summed E-state index contributed by atoms with van der Waals surface area (Å²) in [7, 11) is 0. The summed E-state index contributed by atoms with van der Waals surface area (Å²) < 4.78 is 10.5. The SMILES string of the molecule is C=CCOc1ccc(/C=C2/SC(=O)N(CC(=O)Nc3ccc(Cl)c(C(=O)OCCC)c3)C2=O)cc1. The molecule has 1 saturated heterocycles. The van der Waals surface area contributed by atoms with Crippen molar-refractivity contribution in [2.75, 3.05) is 25.1 Å². The van der Waals surface area contributed by atoms with Crippen LogP contribution in [-0.4, -0.2) is 47.7 Å². The summed E-state index contributed by atoms with van der Waals surface area (Å²) in [4.78, 5) is 50.8. The summed E-state index contributed by atoms with van der Waals surface area (Å²) >= 11 is 6.82. The molecule has 0 radical (unpaired) electrons. The van der Waals surface area contributed by atoms with Crippen LogP contribution in [0.2, 0.25) is 5.02 Å². The average molecular weight is 515 g/mol. The number of hydrogen-bond acceptors (Lipinski definition) is 7. The zero-order chi connectivity index (χ0) is 25.4. The number of imide groups is 1. The summed E-state index contributed by atoms with van der Waals surface area (Å²) in [6.45, 7) is 5.59. The second kappa shape index (κ2) is 12.2. The maximum absolute atomic E-state index is 12.7. The Kier molecular flexibility index (Phi) is 9.11. The number of rotatable bonds is 10. The number of ether oxygens (including phenoxy) is 2. The second-order valence-electron chi connectivity index (χ2n) is 7.32. The molecule has 10 heteroatoms. The Hall–Kier alpha value is -3.56. The van der Waals surface area contributed by atoms with Gasteiger partial charge >= 0.3 is 5.97 Å². The zero-order valence-corrected chi connectivity index (χ0v) is 20.5. The van der Waals surface area contributed by atoms with Gasteiger partial charge in [0.2, 0.25) is 5.91 Å². The number of amides is 3. The van der Waals surface area contributed by atoms with Gasteiger partial charge in [-0.25, -0.2) is 4.79 Å². The molecule has 2 aromatic carbocycles. The molecule has 0 atom stereocenters. The first kappa shape index (κ1) is 26.1. The molecule has 2 aromatic rings. The second-order valence-corrected chi connectivity index (χ2v) is 8.72. The number of nitrogens with zero attached hydrogens (tertiary/aromatic N) is 1. The minimum atomic E-state index is -0.607. The van der Waals surface area contributed by atoms with Crippen molar-refractivity contribution >= 4 is 58.1 Å². The average Bonchev–Trinajstić information content (AvgIpc) is 3.10. The quantitative estimate of drug-likeness (QED) is 0.266. The molecule has 1 aliphatic rings. The molecular weight excluding hydrogens is 492 g/mol. The zero-order valence-electron chi connectivity index (χ0n) is 18.9. The van der Waals surface area contributed by atoms with Gasteiger partial charge < -0.3 is 14.8 Å². The van der Waals surface area contributed by atoms with Gasteiger partial charge in [0.05, 0.1) is 22.1 Å². The van der Waals surface area contributed by atoms with Crippen molar-refractivity contribution in [2.24, 2.45) is 0 Å². The minimum Gasteiger partial charge on any atom is -0.490 e. The highest BCUT2D eigenvalue weighted by Crippen LogP contribution is 2.32. The van der Waals surface area contributed by atoms with Gasteiger partial charge in [0.15, 0.2) is 0 Å². The van der Waals surface area contributed by atoms with Crippen LogP contribution in [-0.2, 0) is 14.3 Å². The molecule has 0 aromatic heterocycles. The van der Waals surface area contributed by atoms with E-state index in [9.17, 15) is 19.2 Å². The third kappa shape index (κ3) is 6.97. The maximum Gasteiger partial charge on any atom is 0.339 e. The monoisotopic (exact) mass is 514 g/mol. The highest BCUT2D eigenvalue weighted by atomic mass is 35.5. The number of hydrogen-bond donors (Lipinski definition) is 1. The fourth-order valence-electron chi connectivity index (χ4n) is 2.98. The molecule has 35 heavy (non-hydrogen) atoms. The number of thioether (sulfide) groups is 1. The van der Waals surface area contributed by atoms with Crippen LogP contribution in [0.1, 0.15) is 29.3 Å². The van der Waals surface area contributed by atoms with Crippen molar-refractivity contribution in [3.05, 3.63) is 76.2 Å². The van der Waals surface area contributed by atoms with Crippen LogP contribution in [0.15, 0.2) is 60.0 Å². The lowest BCUT2D eigenvalue weighted by atomic mass is 10.2. The molecule has 0 aliphatic carbocycles. The number of nitrogens with one attached hydrogen (secondary N) is 1. The standard InChI is InChI=1S/C25H23ClN2O6S/c1-3-11-33-18-8-5-16(6-9-18)13-21-23(30)28(25(32)35-21)15-22(29)27-17-7-10-20(26)19(14-17)24(31)34-12-4-2/h3,5-10,13-14H,1,4,11-12,15H2,2H3,(H,27,29)/b21-13+. The Balaban J connectivity index is 1.64. The van der Waals surface area contributed by atoms with Gasteiger partial charge in [-0.2, -0.15) is 0 Å². The Morgan fingerprint density at radius 2 is 1.91 bits per heavy atom. The third-order valence-corrected chi connectivity index (χ3v) is 5.87. The van der Waals surface area contributed by atoms with E-state index >= 15 is 0 Å². The molecule has 0 bridgehead atoms. The Labute approximate surface area is 211 Å². The first-order valence-electron chi connectivity index (χ1n) is 10.7. The van der Waals surface area contributed by atoms with Crippen LogP contribution in [0.5, 0.6) is 5.75 Å². The minimum absolute atomic E-state index is 0.105. The van der Waals surface area contributed by atoms with Crippen molar-refractivity contribution in [2.45, 2.75) is 13.3 Å². The van der Waals surface area contributed by atoms with E-state index in [1.807, 2.05) is 6.92 Å². The highest BCUT2D eigenvalue weighted by Gasteiger charge is 2.36. The molecule has 3 amide bonds. The molecule has 1 fully saturated rings. The van der Waals surface area contributed by atoms with Crippen LogP contribution in [0.25, 0.3) is 6.08 Å². The molecule has 0 spiro atoms. The van der Waals surface area contributed by atoms with Gasteiger partial charge in [-0.1, -0.05) is 43.3 Å². The summed E-state index contributed by atoms with van der Waals surface area (Å²) in [6.07, 6.45) is 3.86. The van der Waals surface area contributed by atoms with Gasteiger partial charge in [0, 0.05) is 5.69 Å². The molecular formula is C25H23ClN2O6S. The summed E-state index contributed by atoms with van der Waals surface area (Å²) in [6, 6.07) is 11.3. The van der Waals surface area contributed by atoms with E-state index in [0.717, 1.165) is 16.7 Å². The van der Waals surface area contributed by atoms with E-state index in [2.05, 4.69) is 11.9 Å². The number of anilines is 1. The lowest BCUT2D eigenvalue weighted by Gasteiger charge is -2.13. The van der Waals surface area contributed by atoms with Crippen LogP contribution in [0.4, 0.5) is 10.5 Å². The molecule has 1 N–H and O–H groups in total. The van der Waals surface area contributed by atoms with Gasteiger partial charge in [-0.05, 0) is 60.2 Å². The van der Waals surface area contributed by atoms with E-state index in [-0.39, 0.29) is 27.8 Å². The van der Waals surface area contributed by atoms with Crippen molar-refractivity contribution in [1.29, 1.82) is 0 Å². The number of esters is 1. The van der Waals surface area contributed by atoms with Gasteiger partial charge in [-0.3, -0.25) is 19.3 Å². The smallest absolute Gasteiger partial charge is 0.339 e. The molecule has 8 nitrogen and oxygen atoms in total. The largest absolute Gasteiger partial charge is 0.490 e. The van der Waals surface area contributed by atoms with E-state index < -0.39 is 29.6 Å². The highest BCUT2D eigenvalue weighted by molar-refractivity contribution is 8.18. The Morgan fingerprint density at radius 1 is 1.17 bits per heavy atom. The summed E-state index contributed by atoms with van der Waals surface area (Å²) in [5.74, 6) is -1.13. The Morgan fingerprint density at radius 3 is 2.60 bits per heavy atom. The molecule has 1 aliphatic heterocycles. The lowest BCUT2D eigenvalue weighted by molar-refractivity contribution is -0.127. The van der Waals surface area contributed by atoms with Crippen molar-refractivity contribution < 1.29 is 28.7 Å². The number of benzene rings is 2. The fraction of sp³-hybridized carbons (Fsp3) is 0.200. The first-order valence-corrected chi connectivity index (χ1v) is 11.9. The van der Waals surface area contributed by atoms with E-state index in [4.69, 9.17) is 21.1 Å². The molecule has 182 valence electrons. The van der Waals surface area contributed by atoms with Gasteiger partial charge in [-0.15, -0.1) is 0 Å². The molecule has 3 rings (SSSR count). The van der Waals surface area contributed by atoms with Gasteiger partial charge in [0.1, 0.15) is 18.9 Å². The molecule has 0 unspecified atom stereocenters. The Bertz CT molecular complexity index is 1180. The first-order chi connectivity index (χ1) is 16.8. The van der Waals surface area contributed by atoms with Crippen LogP contribution in [0.3, 0.4) is 0 Å². The maximum atomic E-state index is 12.7. The fourth-order valence-corrected chi connectivity index (χ4v) is 4.01. The van der Waals surface area contributed by atoms with Gasteiger partial charge in [0.25, 0.3) is 11.1 Å². The van der Waals surface area contributed by atoms with Crippen molar-refractivity contribution in [3.63, 3.8) is 0 Å². The summed E-state index contributed by atoms with van der Waals surface area (Å²) in [5, 5.41) is 2.20.